The maximum atomic E-state index is 13.1. The quantitative estimate of drug-likeness (QED) is 0.598. The molecule has 0 bridgehead atoms. The van der Waals surface area contributed by atoms with Crippen LogP contribution in [0.1, 0.15) is 37.0 Å². The van der Waals surface area contributed by atoms with E-state index in [1.54, 1.807) is 14.2 Å². The zero-order valence-electron chi connectivity index (χ0n) is 17.9. The predicted molar refractivity (Wildman–Crippen MR) is 113 cm³/mol. The van der Waals surface area contributed by atoms with Crippen molar-refractivity contribution in [2.45, 2.75) is 32.3 Å². The number of para-hydroxylation sites is 1. The van der Waals surface area contributed by atoms with E-state index < -0.39 is 0 Å². The summed E-state index contributed by atoms with van der Waals surface area (Å²) in [7, 11) is 3.20. The van der Waals surface area contributed by atoms with Gasteiger partial charge in [0.05, 0.1) is 14.2 Å². The van der Waals surface area contributed by atoms with Gasteiger partial charge in [-0.2, -0.15) is 0 Å². The molecule has 2 aromatic rings. The number of carbonyl (C=O) groups is 1. The van der Waals surface area contributed by atoms with E-state index in [0.717, 1.165) is 50.0 Å². The summed E-state index contributed by atoms with van der Waals surface area (Å²) < 4.78 is 29.8. The molecule has 0 radical (unpaired) electrons. The Morgan fingerprint density at radius 2 is 1.80 bits per heavy atom. The highest BCUT2D eigenvalue weighted by molar-refractivity contribution is 5.66. The lowest BCUT2D eigenvalue weighted by Gasteiger charge is -2.36. The first kappa shape index (κ1) is 22.1. The second-order valence-electron chi connectivity index (χ2n) is 7.67. The zero-order chi connectivity index (χ0) is 21.5. The lowest BCUT2D eigenvalue weighted by atomic mass is 9.86. The van der Waals surface area contributed by atoms with Crippen LogP contribution in [0, 0.1) is 11.7 Å². The minimum Gasteiger partial charge on any atom is -0.493 e. The SMILES string of the molecule is COc1cccc(C(OC(C)=O)C2CCN(CCc3ccc(F)cc3)CC2)c1OC. The van der Waals surface area contributed by atoms with E-state index in [0.29, 0.717) is 11.5 Å². The topological polar surface area (TPSA) is 48.0 Å². The van der Waals surface area contributed by atoms with Crippen LogP contribution >= 0.6 is 0 Å². The second kappa shape index (κ2) is 10.4. The van der Waals surface area contributed by atoms with Gasteiger partial charge in [-0.05, 0) is 56.1 Å². The molecular weight excluding hydrogens is 385 g/mol. The standard InChI is InChI=1S/C24H30FNO4/c1-17(27)30-23(21-5-4-6-22(28-2)24(21)29-3)19-12-15-26(16-13-19)14-11-18-7-9-20(25)10-8-18/h4-10,19,23H,11-16H2,1-3H3. The summed E-state index contributed by atoms with van der Waals surface area (Å²) in [6.07, 6.45) is 2.36. The first-order valence-corrected chi connectivity index (χ1v) is 10.4. The fraction of sp³-hybridized carbons (Fsp3) is 0.458. The van der Waals surface area contributed by atoms with Gasteiger partial charge in [0, 0.05) is 24.9 Å². The number of hydrogen-bond acceptors (Lipinski definition) is 5. The largest absolute Gasteiger partial charge is 0.493 e. The molecule has 1 aliphatic heterocycles. The Kier molecular flexibility index (Phi) is 7.69. The third-order valence-corrected chi connectivity index (χ3v) is 5.72. The minimum atomic E-state index is -0.369. The Labute approximate surface area is 177 Å². The Bertz CT molecular complexity index is 832. The number of halogens is 1. The van der Waals surface area contributed by atoms with Gasteiger partial charge in [0.15, 0.2) is 11.5 Å². The average molecular weight is 416 g/mol. The lowest BCUT2D eigenvalue weighted by Crippen LogP contribution is -2.37. The number of hydrogen-bond donors (Lipinski definition) is 0. The normalized spacial score (nSPS) is 16.1. The van der Waals surface area contributed by atoms with Crippen LogP contribution in [0.25, 0.3) is 0 Å². The van der Waals surface area contributed by atoms with Gasteiger partial charge < -0.3 is 19.1 Å². The van der Waals surface area contributed by atoms with Gasteiger partial charge in [-0.25, -0.2) is 4.39 Å². The van der Waals surface area contributed by atoms with Gasteiger partial charge in [0.25, 0.3) is 0 Å². The summed E-state index contributed by atoms with van der Waals surface area (Å²) >= 11 is 0. The fourth-order valence-electron chi connectivity index (χ4n) is 4.15. The first-order valence-electron chi connectivity index (χ1n) is 10.4. The van der Waals surface area contributed by atoms with Gasteiger partial charge in [0.2, 0.25) is 0 Å². The van der Waals surface area contributed by atoms with E-state index in [-0.39, 0.29) is 23.8 Å². The molecule has 3 rings (SSSR count). The highest BCUT2D eigenvalue weighted by Gasteiger charge is 2.32. The van der Waals surface area contributed by atoms with E-state index in [2.05, 4.69) is 4.90 Å². The molecule has 1 atom stereocenters. The molecule has 1 heterocycles. The Morgan fingerprint density at radius 1 is 1.10 bits per heavy atom. The maximum absolute atomic E-state index is 13.1. The van der Waals surface area contributed by atoms with Crippen molar-refractivity contribution in [3.8, 4) is 11.5 Å². The van der Waals surface area contributed by atoms with Gasteiger partial charge >= 0.3 is 5.97 Å². The van der Waals surface area contributed by atoms with E-state index in [9.17, 15) is 9.18 Å². The van der Waals surface area contributed by atoms with Crippen molar-refractivity contribution in [1.82, 2.24) is 4.90 Å². The molecule has 0 spiro atoms. The molecule has 5 nitrogen and oxygen atoms in total. The van der Waals surface area contributed by atoms with Crippen LogP contribution in [-0.4, -0.2) is 44.7 Å². The summed E-state index contributed by atoms with van der Waals surface area (Å²) in [5.74, 6) is 0.943. The summed E-state index contributed by atoms with van der Waals surface area (Å²) in [6.45, 7) is 4.22. The fourth-order valence-corrected chi connectivity index (χ4v) is 4.15. The number of piperidine rings is 1. The number of ether oxygens (including phenoxy) is 3. The van der Waals surface area contributed by atoms with Crippen molar-refractivity contribution in [1.29, 1.82) is 0 Å². The van der Waals surface area contributed by atoms with E-state index in [1.807, 2.05) is 30.3 Å². The van der Waals surface area contributed by atoms with Crippen molar-refractivity contribution in [3.63, 3.8) is 0 Å². The molecule has 30 heavy (non-hydrogen) atoms. The predicted octanol–water partition coefficient (Wildman–Crippen LogP) is 4.40. The molecule has 0 aromatic heterocycles. The molecule has 0 saturated carbocycles. The van der Waals surface area contributed by atoms with Gasteiger partial charge in [0.1, 0.15) is 11.9 Å². The maximum Gasteiger partial charge on any atom is 0.303 e. The number of rotatable bonds is 8. The molecule has 1 saturated heterocycles. The van der Waals surface area contributed by atoms with Crippen LogP contribution in [-0.2, 0) is 16.0 Å². The number of likely N-dealkylation sites (tertiary alicyclic amines) is 1. The lowest BCUT2D eigenvalue weighted by molar-refractivity contribution is -0.150. The molecule has 0 amide bonds. The van der Waals surface area contributed by atoms with Crippen molar-refractivity contribution in [3.05, 3.63) is 59.4 Å². The van der Waals surface area contributed by atoms with Crippen LogP contribution < -0.4 is 9.47 Å². The second-order valence-corrected chi connectivity index (χ2v) is 7.67. The number of esters is 1. The molecule has 6 heteroatoms. The van der Waals surface area contributed by atoms with E-state index >= 15 is 0 Å². The summed E-state index contributed by atoms with van der Waals surface area (Å²) in [5.41, 5.74) is 1.98. The highest BCUT2D eigenvalue weighted by atomic mass is 19.1. The molecule has 1 aliphatic rings. The van der Waals surface area contributed by atoms with Gasteiger partial charge in [-0.3, -0.25) is 4.79 Å². The molecular formula is C24H30FNO4. The van der Waals surface area contributed by atoms with Crippen LogP contribution in [0.2, 0.25) is 0 Å². The molecule has 1 unspecified atom stereocenters. The highest BCUT2D eigenvalue weighted by Crippen LogP contribution is 2.42. The van der Waals surface area contributed by atoms with Crippen molar-refractivity contribution < 1.29 is 23.4 Å². The smallest absolute Gasteiger partial charge is 0.303 e. The first-order chi connectivity index (χ1) is 14.5. The zero-order valence-corrected chi connectivity index (χ0v) is 17.9. The van der Waals surface area contributed by atoms with Gasteiger partial charge in [-0.1, -0.05) is 24.3 Å². The Balaban J connectivity index is 1.66. The van der Waals surface area contributed by atoms with Crippen LogP contribution in [0.15, 0.2) is 42.5 Å². The Morgan fingerprint density at radius 3 is 2.40 bits per heavy atom. The monoisotopic (exact) mass is 415 g/mol. The third kappa shape index (κ3) is 5.51. The number of methoxy groups -OCH3 is 2. The third-order valence-electron chi connectivity index (χ3n) is 5.72. The molecule has 2 aromatic carbocycles. The number of nitrogens with zero attached hydrogens (tertiary/aromatic N) is 1. The van der Waals surface area contributed by atoms with Crippen molar-refractivity contribution in [2.24, 2.45) is 5.92 Å². The van der Waals surface area contributed by atoms with Crippen molar-refractivity contribution in [2.75, 3.05) is 33.9 Å². The van der Waals surface area contributed by atoms with E-state index in [4.69, 9.17) is 14.2 Å². The summed E-state index contributed by atoms with van der Waals surface area (Å²) in [6, 6.07) is 12.4. The van der Waals surface area contributed by atoms with Crippen LogP contribution in [0.5, 0.6) is 11.5 Å². The number of carbonyl (C=O) groups excluding carboxylic acids is 1. The van der Waals surface area contributed by atoms with Crippen LogP contribution in [0.3, 0.4) is 0 Å². The van der Waals surface area contributed by atoms with E-state index in [1.165, 1.54) is 19.1 Å². The minimum absolute atomic E-state index is 0.205. The molecule has 162 valence electrons. The summed E-state index contributed by atoms with van der Waals surface area (Å²) in [4.78, 5) is 14.3. The van der Waals surface area contributed by atoms with Crippen molar-refractivity contribution >= 4 is 5.97 Å². The number of benzene rings is 2. The molecule has 0 N–H and O–H groups in total. The average Bonchev–Trinajstić information content (AvgIpc) is 2.76. The summed E-state index contributed by atoms with van der Waals surface area (Å²) in [5, 5.41) is 0. The van der Waals surface area contributed by atoms with Crippen LogP contribution in [0.4, 0.5) is 4.39 Å². The Hall–Kier alpha value is -2.60. The molecule has 0 aliphatic carbocycles. The van der Waals surface area contributed by atoms with Gasteiger partial charge in [-0.15, -0.1) is 0 Å². The molecule has 1 fully saturated rings.